The third kappa shape index (κ3) is 3.80. The predicted octanol–water partition coefficient (Wildman–Crippen LogP) is 4.22. The molecule has 2 aliphatic carbocycles. The largest absolute Gasteiger partial charge is 0.349 e. The number of aromatic nitrogens is 2. The van der Waals surface area contributed by atoms with Crippen LogP contribution in [0.1, 0.15) is 54.7 Å². The molecule has 0 aliphatic heterocycles. The van der Waals surface area contributed by atoms with Gasteiger partial charge in [0, 0.05) is 16.5 Å². The molecule has 1 aromatic carbocycles. The van der Waals surface area contributed by atoms with Gasteiger partial charge in [0.05, 0.1) is 5.75 Å². The Morgan fingerprint density at radius 3 is 2.73 bits per heavy atom. The Hall–Kier alpha value is -1.82. The molecular weight excluding hydrogens is 346 g/mol. The molecule has 2 bridgehead atoms. The Morgan fingerprint density at radius 1 is 1.31 bits per heavy atom. The number of thioether (sulfide) groups is 1. The third-order valence-electron chi connectivity index (χ3n) is 5.84. The van der Waals surface area contributed by atoms with E-state index in [0.29, 0.717) is 23.4 Å². The van der Waals surface area contributed by atoms with Crippen molar-refractivity contribution in [2.45, 2.75) is 56.2 Å². The van der Waals surface area contributed by atoms with Crippen LogP contribution in [0.25, 0.3) is 0 Å². The van der Waals surface area contributed by atoms with E-state index in [9.17, 15) is 4.79 Å². The lowest BCUT2D eigenvalue weighted by Crippen LogP contribution is -2.40. The second kappa shape index (κ2) is 7.43. The number of hydrogen-bond donors (Lipinski definition) is 1. The Kier molecular flexibility index (Phi) is 5.02. The average Bonchev–Trinajstić information content (AvgIpc) is 3.37. The normalized spacial score (nSPS) is 25.4. The molecule has 0 radical (unpaired) electrons. The van der Waals surface area contributed by atoms with Crippen molar-refractivity contribution in [2.24, 2.45) is 17.8 Å². The van der Waals surface area contributed by atoms with Gasteiger partial charge in [-0.2, -0.15) is 4.98 Å². The fraction of sp³-hybridized carbons (Fsp3) is 0.550. The quantitative estimate of drug-likeness (QED) is 0.770. The van der Waals surface area contributed by atoms with Crippen molar-refractivity contribution in [1.29, 1.82) is 0 Å². The number of carbonyl (C=O) groups is 1. The van der Waals surface area contributed by atoms with Crippen molar-refractivity contribution in [3.05, 3.63) is 41.5 Å². The predicted molar refractivity (Wildman–Crippen MR) is 101 cm³/mol. The number of aryl methyl sites for hydroxylation is 1. The van der Waals surface area contributed by atoms with Crippen LogP contribution in [0, 0.1) is 24.7 Å². The number of rotatable bonds is 6. The second-order valence-corrected chi connectivity index (χ2v) is 8.70. The van der Waals surface area contributed by atoms with E-state index in [1.165, 1.54) is 25.7 Å². The first-order valence-corrected chi connectivity index (χ1v) is 10.4. The van der Waals surface area contributed by atoms with Crippen molar-refractivity contribution in [2.75, 3.05) is 0 Å². The summed E-state index contributed by atoms with van der Waals surface area (Å²) in [6.45, 7) is 3.97. The molecule has 0 saturated heterocycles. The average molecular weight is 372 g/mol. The van der Waals surface area contributed by atoms with Crippen LogP contribution in [0.4, 0.5) is 0 Å². The van der Waals surface area contributed by atoms with E-state index in [1.54, 1.807) is 11.8 Å². The highest BCUT2D eigenvalue weighted by molar-refractivity contribution is 7.98. The van der Waals surface area contributed by atoms with E-state index >= 15 is 0 Å². The van der Waals surface area contributed by atoms with E-state index in [2.05, 4.69) is 22.4 Å². The van der Waals surface area contributed by atoms with Gasteiger partial charge < -0.3 is 9.84 Å². The Morgan fingerprint density at radius 2 is 2.12 bits per heavy atom. The molecule has 2 fully saturated rings. The standard InChI is InChI=1S/C20H25N3O2S/c1-12(18-10-14-3-4-16(18)9-14)21-20(24)15-5-7-17(8-6-15)26-11-19-22-13(2)23-25-19/h5-8,12,14,16,18H,3-4,9-11H2,1-2H3,(H,21,24)/t12-,14+,16+,18-/m1/s1. The van der Waals surface area contributed by atoms with Gasteiger partial charge in [0.25, 0.3) is 5.91 Å². The van der Waals surface area contributed by atoms with Crippen molar-refractivity contribution in [3.8, 4) is 0 Å². The molecule has 26 heavy (non-hydrogen) atoms. The zero-order valence-electron chi connectivity index (χ0n) is 15.3. The number of hydrogen-bond acceptors (Lipinski definition) is 5. The summed E-state index contributed by atoms with van der Waals surface area (Å²) in [4.78, 5) is 17.8. The van der Waals surface area contributed by atoms with E-state index in [4.69, 9.17) is 4.52 Å². The highest BCUT2D eigenvalue weighted by Crippen LogP contribution is 2.49. The van der Waals surface area contributed by atoms with Gasteiger partial charge in [0.1, 0.15) is 0 Å². The lowest BCUT2D eigenvalue weighted by atomic mass is 9.84. The van der Waals surface area contributed by atoms with Crippen LogP contribution < -0.4 is 5.32 Å². The summed E-state index contributed by atoms with van der Waals surface area (Å²) in [5.74, 6) is 4.32. The Labute approximate surface area is 158 Å². The minimum atomic E-state index is 0.0318. The molecule has 2 aromatic rings. The first kappa shape index (κ1) is 17.6. The van der Waals surface area contributed by atoms with Crippen LogP contribution in [0.15, 0.2) is 33.7 Å². The zero-order chi connectivity index (χ0) is 18.1. The van der Waals surface area contributed by atoms with Crippen LogP contribution in [-0.4, -0.2) is 22.1 Å². The molecule has 1 amide bonds. The maximum atomic E-state index is 12.6. The highest BCUT2D eigenvalue weighted by atomic mass is 32.2. The third-order valence-corrected chi connectivity index (χ3v) is 6.84. The Bertz CT molecular complexity index is 774. The number of carbonyl (C=O) groups excluding carboxylic acids is 1. The number of fused-ring (bicyclic) bond motifs is 2. The van der Waals surface area contributed by atoms with E-state index in [-0.39, 0.29) is 11.9 Å². The maximum absolute atomic E-state index is 12.6. The van der Waals surface area contributed by atoms with Gasteiger partial charge >= 0.3 is 0 Å². The number of benzene rings is 1. The van der Waals surface area contributed by atoms with Gasteiger partial charge in [-0.05, 0) is 75.1 Å². The highest BCUT2D eigenvalue weighted by Gasteiger charge is 2.42. The van der Waals surface area contributed by atoms with Crippen LogP contribution in [0.5, 0.6) is 0 Å². The molecule has 4 rings (SSSR count). The summed E-state index contributed by atoms with van der Waals surface area (Å²) < 4.78 is 5.12. The molecule has 2 saturated carbocycles. The molecule has 1 heterocycles. The SMILES string of the molecule is Cc1noc(CSc2ccc(C(=O)N[C@H](C)[C@H]3C[C@H]4CC[C@H]3C4)cc2)n1. The summed E-state index contributed by atoms with van der Waals surface area (Å²) in [5.41, 5.74) is 0.720. The first-order valence-electron chi connectivity index (χ1n) is 9.41. The van der Waals surface area contributed by atoms with Crippen LogP contribution in [0.3, 0.4) is 0 Å². The summed E-state index contributed by atoms with van der Waals surface area (Å²) in [7, 11) is 0. The molecule has 5 nitrogen and oxygen atoms in total. The van der Waals surface area contributed by atoms with Crippen molar-refractivity contribution >= 4 is 17.7 Å². The van der Waals surface area contributed by atoms with Crippen molar-refractivity contribution in [1.82, 2.24) is 15.5 Å². The molecule has 2 aliphatic rings. The van der Waals surface area contributed by atoms with Crippen molar-refractivity contribution in [3.63, 3.8) is 0 Å². The van der Waals surface area contributed by atoms with Crippen LogP contribution in [-0.2, 0) is 5.75 Å². The summed E-state index contributed by atoms with van der Waals surface area (Å²) in [6, 6.07) is 8.00. The summed E-state index contributed by atoms with van der Waals surface area (Å²) >= 11 is 1.62. The molecular formula is C20H25N3O2S. The van der Waals surface area contributed by atoms with Crippen LogP contribution in [0.2, 0.25) is 0 Å². The van der Waals surface area contributed by atoms with Gasteiger partial charge in [0.15, 0.2) is 5.82 Å². The van der Waals surface area contributed by atoms with E-state index in [0.717, 1.165) is 22.3 Å². The van der Waals surface area contributed by atoms with Gasteiger partial charge in [-0.3, -0.25) is 4.79 Å². The fourth-order valence-electron chi connectivity index (χ4n) is 4.55. The van der Waals surface area contributed by atoms with Gasteiger partial charge in [-0.25, -0.2) is 0 Å². The first-order chi connectivity index (χ1) is 12.6. The molecule has 4 atom stereocenters. The monoisotopic (exact) mass is 371 g/mol. The minimum absolute atomic E-state index is 0.0318. The molecule has 138 valence electrons. The number of nitrogens with zero attached hydrogens (tertiary/aromatic N) is 2. The minimum Gasteiger partial charge on any atom is -0.349 e. The molecule has 1 aromatic heterocycles. The molecule has 1 N–H and O–H groups in total. The maximum Gasteiger partial charge on any atom is 0.251 e. The molecule has 0 spiro atoms. The summed E-state index contributed by atoms with van der Waals surface area (Å²) in [5, 5.41) is 7.01. The summed E-state index contributed by atoms with van der Waals surface area (Å²) in [6.07, 6.45) is 5.40. The lowest BCUT2D eigenvalue weighted by Gasteiger charge is -2.28. The van der Waals surface area contributed by atoms with E-state index < -0.39 is 0 Å². The van der Waals surface area contributed by atoms with E-state index in [1.807, 2.05) is 31.2 Å². The Balaban J connectivity index is 1.30. The topological polar surface area (TPSA) is 68.0 Å². The lowest BCUT2D eigenvalue weighted by molar-refractivity contribution is 0.0915. The van der Waals surface area contributed by atoms with Gasteiger partial charge in [-0.15, -0.1) is 11.8 Å². The zero-order valence-corrected chi connectivity index (χ0v) is 16.1. The van der Waals surface area contributed by atoms with Crippen molar-refractivity contribution < 1.29 is 9.32 Å². The smallest absolute Gasteiger partial charge is 0.251 e. The van der Waals surface area contributed by atoms with Crippen LogP contribution >= 0.6 is 11.8 Å². The molecule has 0 unspecified atom stereocenters. The van der Waals surface area contributed by atoms with Gasteiger partial charge in [0.2, 0.25) is 5.89 Å². The van der Waals surface area contributed by atoms with Gasteiger partial charge in [-0.1, -0.05) is 11.6 Å². The number of amides is 1. The fourth-order valence-corrected chi connectivity index (χ4v) is 5.29. The molecule has 6 heteroatoms. The number of nitrogens with one attached hydrogen (secondary N) is 1. The second-order valence-electron chi connectivity index (χ2n) is 7.65.